The topological polar surface area (TPSA) is 103 Å². The lowest BCUT2D eigenvalue weighted by molar-refractivity contribution is -0.142. The third kappa shape index (κ3) is 5.43. The Morgan fingerprint density at radius 3 is 2.20 bits per heavy atom. The van der Waals surface area contributed by atoms with Crippen LogP contribution in [0.3, 0.4) is 0 Å². The fourth-order valence-corrected chi connectivity index (χ4v) is 3.27. The number of Topliss-reactive ketones (excluding diaryl/α,β-unsaturated/α-hetero) is 2. The second-order valence-electron chi connectivity index (χ2n) is 7.17. The second kappa shape index (κ2) is 10.0. The molecule has 160 valence electrons. The van der Waals surface area contributed by atoms with Gasteiger partial charge in [0.15, 0.2) is 12.4 Å². The fraction of sp³-hybridized carbons (Fsp3) is 0.391. The highest BCUT2D eigenvalue weighted by Gasteiger charge is 2.26. The lowest BCUT2D eigenvalue weighted by Crippen LogP contribution is -2.18. The van der Waals surface area contributed by atoms with Gasteiger partial charge in [0.2, 0.25) is 5.78 Å². The second-order valence-corrected chi connectivity index (χ2v) is 7.17. The quantitative estimate of drug-likeness (QED) is 0.495. The molecule has 0 saturated carbocycles. The highest BCUT2D eigenvalue weighted by molar-refractivity contribution is 6.09. The number of benzene rings is 1. The van der Waals surface area contributed by atoms with Crippen molar-refractivity contribution in [3.8, 4) is 0 Å². The maximum absolute atomic E-state index is 12.6. The van der Waals surface area contributed by atoms with Crippen molar-refractivity contribution in [2.75, 3.05) is 13.2 Å². The largest absolute Gasteiger partial charge is 0.462 e. The molecule has 0 bridgehead atoms. The van der Waals surface area contributed by atoms with Crippen molar-refractivity contribution in [1.82, 2.24) is 4.98 Å². The van der Waals surface area contributed by atoms with Gasteiger partial charge in [0.25, 0.3) is 0 Å². The fourth-order valence-electron chi connectivity index (χ4n) is 3.27. The molecule has 0 aliphatic carbocycles. The third-order valence-corrected chi connectivity index (χ3v) is 4.75. The number of nitrogens with one attached hydrogen (secondary N) is 1. The number of hydrogen-bond acceptors (Lipinski definition) is 6. The first kappa shape index (κ1) is 23.1. The molecule has 2 aromatic rings. The minimum atomic E-state index is -0.649. The van der Waals surface area contributed by atoms with Crippen molar-refractivity contribution in [2.45, 2.75) is 47.5 Å². The summed E-state index contributed by atoms with van der Waals surface area (Å²) in [4.78, 5) is 52.1. The zero-order chi connectivity index (χ0) is 22.4. The van der Waals surface area contributed by atoms with Crippen LogP contribution in [0.25, 0.3) is 0 Å². The minimum absolute atomic E-state index is 0.00627. The van der Waals surface area contributed by atoms with Crippen molar-refractivity contribution in [2.24, 2.45) is 0 Å². The van der Waals surface area contributed by atoms with E-state index in [1.54, 1.807) is 26.8 Å². The number of carbonyl (C=O) groups excluding carboxylic acids is 4. The molecule has 0 radical (unpaired) electrons. The Bertz CT molecular complexity index is 986. The zero-order valence-corrected chi connectivity index (χ0v) is 18.0. The number of aromatic nitrogens is 1. The summed E-state index contributed by atoms with van der Waals surface area (Å²) in [5.41, 5.74) is 3.72. The molecule has 0 atom stereocenters. The maximum Gasteiger partial charge on any atom is 0.340 e. The van der Waals surface area contributed by atoms with Crippen LogP contribution in [-0.2, 0) is 14.3 Å². The molecule has 0 fully saturated rings. The van der Waals surface area contributed by atoms with E-state index in [2.05, 4.69) is 4.98 Å². The van der Waals surface area contributed by atoms with Gasteiger partial charge < -0.3 is 14.5 Å². The molecule has 1 aromatic carbocycles. The van der Waals surface area contributed by atoms with Crippen LogP contribution in [0, 0.1) is 27.7 Å². The molecule has 0 aliphatic rings. The zero-order valence-electron chi connectivity index (χ0n) is 18.0. The van der Waals surface area contributed by atoms with E-state index in [4.69, 9.17) is 9.47 Å². The van der Waals surface area contributed by atoms with Crippen LogP contribution in [0.5, 0.6) is 0 Å². The van der Waals surface area contributed by atoms with Gasteiger partial charge in [-0.15, -0.1) is 0 Å². The number of aryl methyl sites for hydroxylation is 4. The number of rotatable bonds is 9. The number of carbonyl (C=O) groups is 4. The Morgan fingerprint density at radius 1 is 0.867 bits per heavy atom. The predicted molar refractivity (Wildman–Crippen MR) is 111 cm³/mol. The molecule has 30 heavy (non-hydrogen) atoms. The number of H-pyrrole nitrogens is 1. The lowest BCUT2D eigenvalue weighted by atomic mass is 9.99. The maximum atomic E-state index is 12.6. The summed E-state index contributed by atoms with van der Waals surface area (Å²) in [6.07, 6.45) is -0.136. The van der Waals surface area contributed by atoms with E-state index in [1.807, 2.05) is 26.0 Å². The molecule has 0 aliphatic heterocycles. The Hall–Kier alpha value is -3.22. The molecule has 7 heteroatoms. The van der Waals surface area contributed by atoms with Gasteiger partial charge in [-0.05, 0) is 46.2 Å². The molecular formula is C23H27NO6. The number of esters is 2. The van der Waals surface area contributed by atoms with Crippen LogP contribution in [0.15, 0.2) is 18.2 Å². The molecular weight excluding hydrogens is 386 g/mol. The Morgan fingerprint density at radius 2 is 1.53 bits per heavy atom. The Kier molecular flexibility index (Phi) is 7.69. The monoisotopic (exact) mass is 413 g/mol. The van der Waals surface area contributed by atoms with E-state index in [1.165, 1.54) is 0 Å². The first-order valence-electron chi connectivity index (χ1n) is 9.81. The molecule has 1 heterocycles. The third-order valence-electron chi connectivity index (χ3n) is 4.75. The number of hydrogen-bond donors (Lipinski definition) is 1. The SMILES string of the molecule is CCOC(=O)c1c(C)[nH]c(C)c1C(=O)COC(=O)CCC(=O)c1cc(C)ccc1C. The van der Waals surface area contributed by atoms with Crippen molar-refractivity contribution in [3.63, 3.8) is 0 Å². The smallest absolute Gasteiger partial charge is 0.340 e. The van der Waals surface area contributed by atoms with Gasteiger partial charge >= 0.3 is 11.9 Å². The van der Waals surface area contributed by atoms with Crippen molar-refractivity contribution in [1.29, 1.82) is 0 Å². The van der Waals surface area contributed by atoms with Gasteiger partial charge in [-0.25, -0.2) is 4.79 Å². The summed E-state index contributed by atoms with van der Waals surface area (Å²) in [7, 11) is 0. The van der Waals surface area contributed by atoms with Gasteiger partial charge in [-0.1, -0.05) is 17.7 Å². The number of ether oxygens (including phenoxy) is 2. The molecule has 7 nitrogen and oxygen atoms in total. The first-order valence-corrected chi connectivity index (χ1v) is 9.81. The molecule has 1 N–H and O–H groups in total. The lowest BCUT2D eigenvalue weighted by Gasteiger charge is -2.08. The van der Waals surface area contributed by atoms with E-state index in [-0.39, 0.29) is 36.4 Å². The molecule has 0 unspecified atom stereocenters. The van der Waals surface area contributed by atoms with Crippen LogP contribution in [0.4, 0.5) is 0 Å². The minimum Gasteiger partial charge on any atom is -0.462 e. The molecule has 0 spiro atoms. The van der Waals surface area contributed by atoms with Gasteiger partial charge in [-0.3, -0.25) is 14.4 Å². The molecule has 0 saturated heterocycles. The number of aromatic amines is 1. The average Bonchev–Trinajstić information content (AvgIpc) is 3.00. The van der Waals surface area contributed by atoms with Gasteiger partial charge in [-0.2, -0.15) is 0 Å². The Balaban J connectivity index is 1.97. The number of ketones is 2. The predicted octanol–water partition coefficient (Wildman–Crippen LogP) is 3.81. The van der Waals surface area contributed by atoms with Gasteiger partial charge in [0.1, 0.15) is 0 Å². The average molecular weight is 413 g/mol. The standard InChI is InChI=1S/C23H27NO6/c1-6-29-23(28)22-16(5)24-15(4)21(22)19(26)12-30-20(27)10-9-18(25)17-11-13(2)7-8-14(17)3/h7-8,11,24H,6,9-10,12H2,1-5H3. The van der Waals surface area contributed by atoms with Crippen molar-refractivity contribution in [3.05, 3.63) is 57.4 Å². The van der Waals surface area contributed by atoms with Crippen LogP contribution in [-0.4, -0.2) is 41.7 Å². The van der Waals surface area contributed by atoms with Gasteiger partial charge in [0.05, 0.1) is 24.2 Å². The van der Waals surface area contributed by atoms with E-state index < -0.39 is 24.3 Å². The summed E-state index contributed by atoms with van der Waals surface area (Å²) in [5, 5.41) is 0. The van der Waals surface area contributed by atoms with Crippen LogP contribution in [0.1, 0.15) is 73.4 Å². The van der Waals surface area contributed by atoms with E-state index in [0.717, 1.165) is 11.1 Å². The van der Waals surface area contributed by atoms with Crippen molar-refractivity contribution >= 4 is 23.5 Å². The highest BCUT2D eigenvalue weighted by Crippen LogP contribution is 2.20. The Labute approximate surface area is 175 Å². The first-order chi connectivity index (χ1) is 14.1. The summed E-state index contributed by atoms with van der Waals surface area (Å²) in [6.45, 7) is 8.40. The normalized spacial score (nSPS) is 10.6. The molecule has 1 aromatic heterocycles. The van der Waals surface area contributed by atoms with Crippen LogP contribution in [0.2, 0.25) is 0 Å². The van der Waals surface area contributed by atoms with Crippen LogP contribution >= 0.6 is 0 Å². The van der Waals surface area contributed by atoms with Crippen LogP contribution < -0.4 is 0 Å². The molecule has 2 rings (SSSR count). The van der Waals surface area contributed by atoms with Crippen molar-refractivity contribution < 1.29 is 28.7 Å². The van der Waals surface area contributed by atoms with E-state index in [0.29, 0.717) is 17.0 Å². The molecule has 0 amide bonds. The highest BCUT2D eigenvalue weighted by atomic mass is 16.5. The summed E-state index contributed by atoms with van der Waals surface area (Å²) in [6, 6.07) is 5.57. The summed E-state index contributed by atoms with van der Waals surface area (Å²) in [5.74, 6) is -1.91. The van der Waals surface area contributed by atoms with Gasteiger partial charge in [0, 0.05) is 23.4 Å². The summed E-state index contributed by atoms with van der Waals surface area (Å²) >= 11 is 0. The van der Waals surface area contributed by atoms with E-state index in [9.17, 15) is 19.2 Å². The van der Waals surface area contributed by atoms with E-state index >= 15 is 0 Å². The summed E-state index contributed by atoms with van der Waals surface area (Å²) < 4.78 is 10.1.